The fourth-order valence-corrected chi connectivity index (χ4v) is 2.35. The second kappa shape index (κ2) is 6.45. The number of nitrogens with zero attached hydrogens (tertiary/aromatic N) is 2. The van der Waals surface area contributed by atoms with Gasteiger partial charge in [-0.15, -0.1) is 0 Å². The molecule has 19 heavy (non-hydrogen) atoms. The van der Waals surface area contributed by atoms with Crippen LogP contribution in [0.5, 0.6) is 0 Å². The standard InChI is InChI=1S/C13H20BrN3O2/c1-13(2,8-15)9-16(3)7-10-4-5-11(14)12(6-10)17(18)19/h4-6H,7-9,15H2,1-3H3. The Labute approximate surface area is 122 Å². The number of rotatable bonds is 6. The molecule has 0 atom stereocenters. The molecular formula is C13H20BrN3O2. The first-order chi connectivity index (χ1) is 8.75. The zero-order chi connectivity index (χ0) is 14.6. The van der Waals surface area contributed by atoms with Gasteiger partial charge in [0, 0.05) is 19.2 Å². The number of nitro groups is 1. The summed E-state index contributed by atoms with van der Waals surface area (Å²) >= 11 is 3.19. The van der Waals surface area contributed by atoms with Crippen molar-refractivity contribution < 1.29 is 4.92 Å². The van der Waals surface area contributed by atoms with Crippen molar-refractivity contribution in [3.8, 4) is 0 Å². The van der Waals surface area contributed by atoms with E-state index >= 15 is 0 Å². The average molecular weight is 330 g/mol. The van der Waals surface area contributed by atoms with Gasteiger partial charge in [-0.1, -0.05) is 19.9 Å². The first-order valence-corrected chi connectivity index (χ1v) is 6.86. The SMILES string of the molecule is CN(Cc1ccc(Br)c([N+](=O)[O-])c1)CC(C)(C)CN. The van der Waals surface area contributed by atoms with Crippen LogP contribution in [0.15, 0.2) is 22.7 Å². The van der Waals surface area contributed by atoms with Crippen LogP contribution in [0.2, 0.25) is 0 Å². The van der Waals surface area contributed by atoms with E-state index in [-0.39, 0.29) is 16.0 Å². The zero-order valence-electron chi connectivity index (χ0n) is 11.5. The number of nitro benzene ring substituents is 1. The Morgan fingerprint density at radius 2 is 2.11 bits per heavy atom. The van der Waals surface area contributed by atoms with Gasteiger partial charge in [0.15, 0.2) is 0 Å². The van der Waals surface area contributed by atoms with Gasteiger partial charge in [0.1, 0.15) is 0 Å². The van der Waals surface area contributed by atoms with E-state index in [0.29, 0.717) is 17.6 Å². The third-order valence-corrected chi connectivity index (χ3v) is 3.58. The molecule has 0 heterocycles. The summed E-state index contributed by atoms with van der Waals surface area (Å²) < 4.78 is 0.506. The van der Waals surface area contributed by atoms with E-state index in [0.717, 1.165) is 12.1 Å². The first-order valence-electron chi connectivity index (χ1n) is 6.06. The summed E-state index contributed by atoms with van der Waals surface area (Å²) in [6, 6.07) is 5.22. The molecule has 0 radical (unpaired) electrons. The molecule has 106 valence electrons. The monoisotopic (exact) mass is 329 g/mol. The Balaban J connectivity index is 2.77. The summed E-state index contributed by atoms with van der Waals surface area (Å²) in [5.74, 6) is 0. The van der Waals surface area contributed by atoms with Crippen molar-refractivity contribution in [3.05, 3.63) is 38.3 Å². The van der Waals surface area contributed by atoms with Crippen molar-refractivity contribution in [2.75, 3.05) is 20.1 Å². The third-order valence-electron chi connectivity index (χ3n) is 2.91. The minimum atomic E-state index is -0.378. The second-order valence-corrected chi connectivity index (χ2v) is 6.44. The van der Waals surface area contributed by atoms with Crippen LogP contribution < -0.4 is 5.73 Å². The molecule has 0 aromatic heterocycles. The minimum absolute atomic E-state index is 0.0377. The third kappa shape index (κ3) is 4.89. The predicted molar refractivity (Wildman–Crippen MR) is 80.0 cm³/mol. The van der Waals surface area contributed by atoms with Crippen molar-refractivity contribution in [2.24, 2.45) is 11.1 Å². The van der Waals surface area contributed by atoms with Crippen LogP contribution in [-0.4, -0.2) is 30.0 Å². The Morgan fingerprint density at radius 1 is 1.47 bits per heavy atom. The van der Waals surface area contributed by atoms with Crippen LogP contribution in [0.25, 0.3) is 0 Å². The zero-order valence-corrected chi connectivity index (χ0v) is 13.1. The molecular weight excluding hydrogens is 310 g/mol. The number of halogens is 1. The Kier molecular flexibility index (Phi) is 5.46. The maximum Gasteiger partial charge on any atom is 0.283 e. The van der Waals surface area contributed by atoms with Crippen molar-refractivity contribution in [3.63, 3.8) is 0 Å². The lowest BCUT2D eigenvalue weighted by molar-refractivity contribution is -0.385. The lowest BCUT2D eigenvalue weighted by Gasteiger charge is -2.29. The molecule has 0 aliphatic heterocycles. The molecule has 0 aliphatic rings. The molecule has 0 saturated heterocycles. The molecule has 5 nitrogen and oxygen atoms in total. The highest BCUT2D eigenvalue weighted by Gasteiger charge is 2.19. The molecule has 1 aromatic carbocycles. The van der Waals surface area contributed by atoms with Gasteiger partial charge < -0.3 is 10.6 Å². The van der Waals surface area contributed by atoms with Crippen LogP contribution in [0.4, 0.5) is 5.69 Å². The summed E-state index contributed by atoms with van der Waals surface area (Å²) in [5.41, 5.74) is 6.77. The number of benzene rings is 1. The lowest BCUT2D eigenvalue weighted by Crippen LogP contribution is -2.36. The molecule has 0 unspecified atom stereocenters. The smallest absolute Gasteiger partial charge is 0.283 e. The molecule has 0 bridgehead atoms. The summed E-state index contributed by atoms with van der Waals surface area (Å²) in [6.45, 7) is 6.32. The van der Waals surface area contributed by atoms with Crippen molar-refractivity contribution in [2.45, 2.75) is 20.4 Å². The van der Waals surface area contributed by atoms with Gasteiger partial charge >= 0.3 is 0 Å². The van der Waals surface area contributed by atoms with Crippen molar-refractivity contribution >= 4 is 21.6 Å². The van der Waals surface area contributed by atoms with Gasteiger partial charge in [0.2, 0.25) is 0 Å². The summed E-state index contributed by atoms with van der Waals surface area (Å²) in [7, 11) is 1.99. The minimum Gasteiger partial charge on any atom is -0.330 e. The molecule has 0 spiro atoms. The van der Waals surface area contributed by atoms with Gasteiger partial charge in [0.05, 0.1) is 9.40 Å². The highest BCUT2D eigenvalue weighted by Crippen LogP contribution is 2.26. The number of nitrogens with two attached hydrogens (primary N) is 1. The van der Waals surface area contributed by atoms with Crippen LogP contribution in [0.3, 0.4) is 0 Å². The molecule has 0 saturated carbocycles. The van der Waals surface area contributed by atoms with E-state index in [1.54, 1.807) is 12.1 Å². The van der Waals surface area contributed by atoms with Gasteiger partial charge in [-0.25, -0.2) is 0 Å². The van der Waals surface area contributed by atoms with E-state index in [9.17, 15) is 10.1 Å². The fraction of sp³-hybridized carbons (Fsp3) is 0.538. The Bertz CT molecular complexity index is 463. The normalized spacial score (nSPS) is 11.9. The largest absolute Gasteiger partial charge is 0.330 e. The lowest BCUT2D eigenvalue weighted by atomic mass is 9.93. The highest BCUT2D eigenvalue weighted by atomic mass is 79.9. The number of hydrogen-bond donors (Lipinski definition) is 1. The van der Waals surface area contributed by atoms with Crippen LogP contribution in [-0.2, 0) is 6.54 Å². The van der Waals surface area contributed by atoms with Gasteiger partial charge in [0.25, 0.3) is 5.69 Å². The maximum atomic E-state index is 10.9. The first kappa shape index (κ1) is 16.1. The van der Waals surface area contributed by atoms with Crippen LogP contribution in [0, 0.1) is 15.5 Å². The Morgan fingerprint density at radius 3 is 2.63 bits per heavy atom. The van der Waals surface area contributed by atoms with Gasteiger partial charge in [-0.3, -0.25) is 10.1 Å². The molecule has 0 aliphatic carbocycles. The van der Waals surface area contributed by atoms with Crippen LogP contribution in [0.1, 0.15) is 19.4 Å². The molecule has 0 amide bonds. The van der Waals surface area contributed by atoms with E-state index in [2.05, 4.69) is 34.7 Å². The number of hydrogen-bond acceptors (Lipinski definition) is 4. The predicted octanol–water partition coefficient (Wildman–Crippen LogP) is 2.77. The van der Waals surface area contributed by atoms with Crippen molar-refractivity contribution in [1.29, 1.82) is 0 Å². The van der Waals surface area contributed by atoms with E-state index in [1.165, 1.54) is 0 Å². The summed E-state index contributed by atoms with van der Waals surface area (Å²) in [4.78, 5) is 12.6. The van der Waals surface area contributed by atoms with Gasteiger partial charge in [-0.05, 0) is 46.6 Å². The Hall–Kier alpha value is -0.980. The molecule has 1 aromatic rings. The van der Waals surface area contributed by atoms with E-state index < -0.39 is 0 Å². The van der Waals surface area contributed by atoms with Gasteiger partial charge in [-0.2, -0.15) is 0 Å². The van der Waals surface area contributed by atoms with E-state index in [1.807, 2.05) is 13.1 Å². The highest BCUT2D eigenvalue weighted by molar-refractivity contribution is 9.10. The average Bonchev–Trinajstić information content (AvgIpc) is 2.30. The molecule has 6 heteroatoms. The molecule has 0 fully saturated rings. The van der Waals surface area contributed by atoms with E-state index in [4.69, 9.17) is 5.73 Å². The summed E-state index contributed by atoms with van der Waals surface area (Å²) in [5, 5.41) is 10.9. The molecule has 1 rings (SSSR count). The van der Waals surface area contributed by atoms with Crippen molar-refractivity contribution in [1.82, 2.24) is 4.90 Å². The fourth-order valence-electron chi connectivity index (χ4n) is 1.96. The summed E-state index contributed by atoms with van der Waals surface area (Å²) in [6.07, 6.45) is 0. The van der Waals surface area contributed by atoms with Crippen LogP contribution >= 0.6 is 15.9 Å². The molecule has 2 N–H and O–H groups in total. The second-order valence-electron chi connectivity index (χ2n) is 5.58. The topological polar surface area (TPSA) is 72.4 Å². The maximum absolute atomic E-state index is 10.9. The quantitative estimate of drug-likeness (QED) is 0.643.